The van der Waals surface area contributed by atoms with Gasteiger partial charge >= 0.3 is 11.9 Å². The molecule has 0 amide bonds. The molecule has 0 saturated carbocycles. The Morgan fingerprint density at radius 1 is 1.35 bits per heavy atom. The Labute approximate surface area is 116 Å². The molecule has 1 heterocycles. The number of benzene rings is 1. The normalized spacial score (nSPS) is 17.5. The monoisotopic (exact) mass is 280 g/mol. The van der Waals surface area contributed by atoms with Crippen LogP contribution >= 0.6 is 0 Å². The van der Waals surface area contributed by atoms with Crippen molar-refractivity contribution in [2.75, 3.05) is 20.8 Å². The maximum atomic E-state index is 12.0. The molecule has 0 N–H and O–H groups in total. The number of hydrogen-bond donors (Lipinski definition) is 0. The second-order valence-corrected chi connectivity index (χ2v) is 4.32. The highest BCUT2D eigenvalue weighted by Gasteiger charge is 2.25. The number of rotatable bonds is 5. The van der Waals surface area contributed by atoms with Gasteiger partial charge in [0.2, 0.25) is 0 Å². The number of carbonyl (C=O) groups excluding carboxylic acids is 2. The zero-order valence-corrected chi connectivity index (χ0v) is 11.4. The molecule has 6 heteroatoms. The van der Waals surface area contributed by atoms with Crippen LogP contribution in [-0.2, 0) is 14.3 Å². The second-order valence-electron chi connectivity index (χ2n) is 4.32. The first-order valence-corrected chi connectivity index (χ1v) is 6.22. The van der Waals surface area contributed by atoms with E-state index in [4.69, 9.17) is 18.9 Å². The van der Waals surface area contributed by atoms with Crippen LogP contribution in [0.2, 0.25) is 0 Å². The summed E-state index contributed by atoms with van der Waals surface area (Å²) in [5.74, 6) is 0.182. The van der Waals surface area contributed by atoms with Gasteiger partial charge in [0.1, 0.15) is 29.8 Å². The summed E-state index contributed by atoms with van der Waals surface area (Å²) in [7, 11) is 2.99. The Balaban J connectivity index is 1.99. The Kier molecular flexibility index (Phi) is 4.45. The van der Waals surface area contributed by atoms with Crippen molar-refractivity contribution >= 4 is 11.9 Å². The van der Waals surface area contributed by atoms with E-state index >= 15 is 0 Å². The number of methoxy groups -OCH3 is 2. The molecule has 0 bridgehead atoms. The average Bonchev–Trinajstić information content (AvgIpc) is 2.89. The molecule has 0 spiro atoms. The predicted octanol–water partition coefficient (Wildman–Crippen LogP) is 1.57. The van der Waals surface area contributed by atoms with Crippen molar-refractivity contribution in [1.29, 1.82) is 0 Å². The molecule has 1 unspecified atom stereocenters. The van der Waals surface area contributed by atoms with Crippen LogP contribution in [0.15, 0.2) is 18.2 Å². The topological polar surface area (TPSA) is 71.1 Å². The number of carbonyl (C=O) groups is 2. The lowest BCUT2D eigenvalue weighted by molar-refractivity contribution is -0.142. The van der Waals surface area contributed by atoms with E-state index in [2.05, 4.69) is 0 Å². The van der Waals surface area contributed by atoms with E-state index in [1.165, 1.54) is 14.2 Å². The van der Waals surface area contributed by atoms with Crippen LogP contribution in [0.4, 0.5) is 0 Å². The Morgan fingerprint density at radius 2 is 2.15 bits per heavy atom. The summed E-state index contributed by atoms with van der Waals surface area (Å²) in [6.45, 7) is 0.0553. The maximum absolute atomic E-state index is 12.0. The SMILES string of the molecule is COc1ccc(C(=O)OCC2CCC(=O)O2)c(OC)c1. The number of cyclic esters (lactones) is 1. The summed E-state index contributed by atoms with van der Waals surface area (Å²) >= 11 is 0. The summed E-state index contributed by atoms with van der Waals surface area (Å²) in [4.78, 5) is 22.9. The largest absolute Gasteiger partial charge is 0.497 e. The van der Waals surface area contributed by atoms with Gasteiger partial charge in [-0.2, -0.15) is 0 Å². The fraction of sp³-hybridized carbons (Fsp3) is 0.429. The molecule has 108 valence electrons. The van der Waals surface area contributed by atoms with E-state index in [0.717, 1.165) is 0 Å². The van der Waals surface area contributed by atoms with E-state index in [9.17, 15) is 9.59 Å². The van der Waals surface area contributed by atoms with Crippen LogP contribution in [0.5, 0.6) is 11.5 Å². The molecule has 0 radical (unpaired) electrons. The summed E-state index contributed by atoms with van der Waals surface area (Å²) in [5, 5.41) is 0. The molecule has 1 aromatic rings. The smallest absolute Gasteiger partial charge is 0.342 e. The Morgan fingerprint density at radius 3 is 2.75 bits per heavy atom. The molecule has 0 aromatic heterocycles. The van der Waals surface area contributed by atoms with E-state index in [1.807, 2.05) is 0 Å². The molecule has 6 nitrogen and oxygen atoms in total. The fourth-order valence-corrected chi connectivity index (χ4v) is 1.91. The van der Waals surface area contributed by atoms with Gasteiger partial charge in [-0.1, -0.05) is 0 Å². The molecule has 20 heavy (non-hydrogen) atoms. The summed E-state index contributed by atoms with van der Waals surface area (Å²) in [5.41, 5.74) is 0.303. The first kappa shape index (κ1) is 14.2. The van der Waals surface area contributed by atoms with Gasteiger partial charge < -0.3 is 18.9 Å². The van der Waals surface area contributed by atoms with Crippen molar-refractivity contribution < 1.29 is 28.5 Å². The minimum Gasteiger partial charge on any atom is -0.497 e. The molecule has 1 atom stereocenters. The summed E-state index contributed by atoms with van der Waals surface area (Å²) < 4.78 is 20.3. The van der Waals surface area contributed by atoms with Crippen molar-refractivity contribution in [3.05, 3.63) is 23.8 Å². The zero-order valence-electron chi connectivity index (χ0n) is 11.4. The Bertz CT molecular complexity index is 510. The van der Waals surface area contributed by atoms with Crippen LogP contribution in [-0.4, -0.2) is 38.9 Å². The van der Waals surface area contributed by atoms with Crippen molar-refractivity contribution in [1.82, 2.24) is 0 Å². The van der Waals surface area contributed by atoms with Gasteiger partial charge in [0.05, 0.1) is 14.2 Å². The quantitative estimate of drug-likeness (QED) is 0.762. The third kappa shape index (κ3) is 3.20. The third-order valence-electron chi connectivity index (χ3n) is 3.00. The number of esters is 2. The molecule has 2 rings (SSSR count). The minimum absolute atomic E-state index is 0.0553. The molecule has 1 saturated heterocycles. The lowest BCUT2D eigenvalue weighted by Gasteiger charge is -2.12. The van der Waals surface area contributed by atoms with Gasteiger partial charge in [0, 0.05) is 12.5 Å². The molecular formula is C14H16O6. The van der Waals surface area contributed by atoms with Crippen molar-refractivity contribution in [2.24, 2.45) is 0 Å². The second kappa shape index (κ2) is 6.27. The van der Waals surface area contributed by atoms with Crippen LogP contribution in [0, 0.1) is 0 Å². The minimum atomic E-state index is -0.521. The van der Waals surface area contributed by atoms with Crippen LogP contribution in [0.3, 0.4) is 0 Å². The highest BCUT2D eigenvalue weighted by Crippen LogP contribution is 2.25. The highest BCUT2D eigenvalue weighted by molar-refractivity contribution is 5.92. The van der Waals surface area contributed by atoms with Gasteiger partial charge in [-0.05, 0) is 18.6 Å². The molecule has 1 fully saturated rings. The van der Waals surface area contributed by atoms with E-state index in [0.29, 0.717) is 29.9 Å². The molecular weight excluding hydrogens is 264 g/mol. The van der Waals surface area contributed by atoms with Crippen LogP contribution in [0.25, 0.3) is 0 Å². The van der Waals surface area contributed by atoms with Crippen LogP contribution < -0.4 is 9.47 Å². The van der Waals surface area contributed by atoms with Gasteiger partial charge in [-0.25, -0.2) is 4.79 Å². The van der Waals surface area contributed by atoms with E-state index < -0.39 is 5.97 Å². The molecule has 1 aliphatic heterocycles. The predicted molar refractivity (Wildman–Crippen MR) is 68.9 cm³/mol. The summed E-state index contributed by atoms with van der Waals surface area (Å²) in [6, 6.07) is 4.82. The molecule has 1 aromatic carbocycles. The van der Waals surface area contributed by atoms with E-state index in [1.54, 1.807) is 18.2 Å². The van der Waals surface area contributed by atoms with Crippen molar-refractivity contribution in [3.63, 3.8) is 0 Å². The first-order chi connectivity index (χ1) is 9.63. The molecule has 1 aliphatic rings. The molecule has 0 aliphatic carbocycles. The zero-order chi connectivity index (χ0) is 14.5. The third-order valence-corrected chi connectivity index (χ3v) is 3.00. The number of ether oxygens (including phenoxy) is 4. The fourth-order valence-electron chi connectivity index (χ4n) is 1.91. The van der Waals surface area contributed by atoms with Crippen molar-refractivity contribution in [2.45, 2.75) is 18.9 Å². The van der Waals surface area contributed by atoms with E-state index in [-0.39, 0.29) is 18.7 Å². The van der Waals surface area contributed by atoms with Gasteiger partial charge in [0.25, 0.3) is 0 Å². The van der Waals surface area contributed by atoms with Crippen molar-refractivity contribution in [3.8, 4) is 11.5 Å². The lowest BCUT2D eigenvalue weighted by atomic mass is 10.2. The maximum Gasteiger partial charge on any atom is 0.342 e. The van der Waals surface area contributed by atoms with Gasteiger partial charge in [0.15, 0.2) is 0 Å². The Hall–Kier alpha value is -2.24. The highest BCUT2D eigenvalue weighted by atomic mass is 16.6. The van der Waals surface area contributed by atoms with Gasteiger partial charge in [-0.15, -0.1) is 0 Å². The average molecular weight is 280 g/mol. The van der Waals surface area contributed by atoms with Gasteiger partial charge in [-0.3, -0.25) is 4.79 Å². The standard InChI is InChI=1S/C14H16O6/c1-17-9-3-5-11(12(7-9)18-2)14(16)19-8-10-4-6-13(15)20-10/h3,5,7,10H,4,6,8H2,1-2H3. The summed E-state index contributed by atoms with van der Waals surface area (Å²) in [6.07, 6.45) is 0.593. The van der Waals surface area contributed by atoms with Crippen LogP contribution in [0.1, 0.15) is 23.2 Å². The number of hydrogen-bond acceptors (Lipinski definition) is 6. The lowest BCUT2D eigenvalue weighted by Crippen LogP contribution is -2.19. The first-order valence-electron chi connectivity index (χ1n) is 6.22.